The summed E-state index contributed by atoms with van der Waals surface area (Å²) in [6, 6.07) is 7.00. The maximum atomic E-state index is 5.76. The second kappa shape index (κ2) is 4.23. The molecule has 0 fully saturated rings. The molecule has 2 heterocycles. The molecule has 0 N–H and O–H groups in total. The van der Waals surface area contributed by atoms with Gasteiger partial charge in [0.25, 0.3) is 0 Å². The molecule has 76 valence electrons. The highest BCUT2D eigenvalue weighted by Gasteiger charge is 2.04. The zero-order valence-corrected chi connectivity index (χ0v) is 8.77. The van der Waals surface area contributed by atoms with Crippen molar-refractivity contribution in [3.05, 3.63) is 35.6 Å². The summed E-state index contributed by atoms with van der Waals surface area (Å²) >= 11 is 5.76. The van der Waals surface area contributed by atoms with Crippen LogP contribution in [0.5, 0.6) is 5.88 Å². The molecule has 0 aromatic carbocycles. The Morgan fingerprint density at radius 1 is 1.20 bits per heavy atom. The molecule has 15 heavy (non-hydrogen) atoms. The number of nitrogens with zero attached hydrogens (tertiary/aromatic N) is 3. The van der Waals surface area contributed by atoms with Crippen LogP contribution in [0.3, 0.4) is 0 Å². The Bertz CT molecular complexity index is 476. The Labute approximate surface area is 91.9 Å². The highest BCUT2D eigenvalue weighted by Crippen LogP contribution is 2.16. The Balaban J connectivity index is 2.44. The molecule has 0 saturated carbocycles. The highest BCUT2D eigenvalue weighted by atomic mass is 35.5. The molecule has 2 aromatic heterocycles. The lowest BCUT2D eigenvalue weighted by Crippen LogP contribution is -1.93. The van der Waals surface area contributed by atoms with Crippen LogP contribution in [0.4, 0.5) is 0 Å². The van der Waals surface area contributed by atoms with Gasteiger partial charge in [-0.15, -0.1) is 0 Å². The van der Waals surface area contributed by atoms with Gasteiger partial charge >= 0.3 is 0 Å². The number of methoxy groups -OCH3 is 1. The average molecular weight is 222 g/mol. The summed E-state index contributed by atoms with van der Waals surface area (Å²) in [6.45, 7) is 0. The van der Waals surface area contributed by atoms with Gasteiger partial charge in [-0.3, -0.25) is 0 Å². The van der Waals surface area contributed by atoms with E-state index in [0.717, 1.165) is 0 Å². The van der Waals surface area contributed by atoms with Gasteiger partial charge in [0.2, 0.25) is 5.88 Å². The molecule has 0 aliphatic heterocycles. The predicted molar refractivity (Wildman–Crippen MR) is 56.8 cm³/mol. The lowest BCUT2D eigenvalue weighted by molar-refractivity contribution is 0.398. The van der Waals surface area contributed by atoms with Gasteiger partial charge in [0.1, 0.15) is 10.8 Å². The van der Waals surface area contributed by atoms with Crippen LogP contribution in [-0.2, 0) is 0 Å². The summed E-state index contributed by atoms with van der Waals surface area (Å²) in [7, 11) is 1.56. The smallest absolute Gasteiger partial charge is 0.213 e. The van der Waals surface area contributed by atoms with Crippen molar-refractivity contribution in [3.8, 4) is 17.4 Å². The molecule has 5 heteroatoms. The van der Waals surface area contributed by atoms with Crippen LogP contribution in [0.15, 0.2) is 30.5 Å². The fraction of sp³-hybridized carbons (Fsp3) is 0.100. The van der Waals surface area contributed by atoms with Crippen molar-refractivity contribution in [2.24, 2.45) is 0 Å². The molecule has 0 aliphatic rings. The fourth-order valence-corrected chi connectivity index (χ4v) is 1.25. The third-order valence-corrected chi connectivity index (χ3v) is 1.99. The van der Waals surface area contributed by atoms with Crippen molar-refractivity contribution in [1.29, 1.82) is 0 Å². The molecule has 0 aliphatic carbocycles. The summed E-state index contributed by atoms with van der Waals surface area (Å²) in [4.78, 5) is 12.3. The fourth-order valence-electron chi connectivity index (χ4n) is 1.11. The predicted octanol–water partition coefficient (Wildman–Crippen LogP) is 2.20. The number of ether oxygens (including phenoxy) is 1. The second-order valence-corrected chi connectivity index (χ2v) is 3.16. The van der Waals surface area contributed by atoms with Gasteiger partial charge in [0.15, 0.2) is 5.82 Å². The van der Waals surface area contributed by atoms with Gasteiger partial charge in [-0.25, -0.2) is 15.0 Å². The number of pyridine rings is 1. The number of hydrogen-bond acceptors (Lipinski definition) is 4. The highest BCUT2D eigenvalue weighted by molar-refractivity contribution is 6.29. The molecule has 0 spiro atoms. The summed E-state index contributed by atoms with van der Waals surface area (Å²) in [5, 5.41) is 0.393. The van der Waals surface area contributed by atoms with Gasteiger partial charge in [-0.2, -0.15) is 0 Å². The first-order valence-electron chi connectivity index (χ1n) is 4.29. The SMILES string of the molecule is COc1cccc(-c2nccc(Cl)n2)n1. The van der Waals surface area contributed by atoms with Gasteiger partial charge in [-0.1, -0.05) is 17.7 Å². The van der Waals surface area contributed by atoms with E-state index < -0.39 is 0 Å². The van der Waals surface area contributed by atoms with E-state index in [1.165, 1.54) is 0 Å². The van der Waals surface area contributed by atoms with E-state index in [2.05, 4.69) is 15.0 Å². The van der Waals surface area contributed by atoms with Crippen LogP contribution < -0.4 is 4.74 Å². The summed E-state index contributed by atoms with van der Waals surface area (Å²) < 4.78 is 5.01. The molecule has 0 saturated heterocycles. The lowest BCUT2D eigenvalue weighted by atomic mass is 10.3. The van der Waals surface area contributed by atoms with Crippen molar-refractivity contribution in [2.75, 3.05) is 7.11 Å². The topological polar surface area (TPSA) is 47.9 Å². The zero-order chi connectivity index (χ0) is 10.7. The summed E-state index contributed by atoms with van der Waals surface area (Å²) in [6.07, 6.45) is 1.59. The van der Waals surface area contributed by atoms with E-state index in [1.807, 2.05) is 6.07 Å². The van der Waals surface area contributed by atoms with E-state index in [9.17, 15) is 0 Å². The van der Waals surface area contributed by atoms with E-state index in [0.29, 0.717) is 22.6 Å². The van der Waals surface area contributed by atoms with Crippen LogP contribution in [-0.4, -0.2) is 22.1 Å². The minimum absolute atomic E-state index is 0.393. The zero-order valence-electron chi connectivity index (χ0n) is 8.01. The Morgan fingerprint density at radius 2 is 2.07 bits per heavy atom. The summed E-state index contributed by atoms with van der Waals surface area (Å²) in [5.41, 5.74) is 0.636. The van der Waals surface area contributed by atoms with Crippen molar-refractivity contribution in [1.82, 2.24) is 15.0 Å². The Kier molecular flexibility index (Phi) is 2.78. The van der Waals surface area contributed by atoms with Crippen molar-refractivity contribution in [3.63, 3.8) is 0 Å². The van der Waals surface area contributed by atoms with E-state index in [-0.39, 0.29) is 0 Å². The number of hydrogen-bond donors (Lipinski definition) is 0. The normalized spacial score (nSPS) is 10.0. The van der Waals surface area contributed by atoms with Crippen molar-refractivity contribution in [2.45, 2.75) is 0 Å². The quantitative estimate of drug-likeness (QED) is 0.730. The second-order valence-electron chi connectivity index (χ2n) is 2.77. The molecular formula is C10H8ClN3O. The first-order chi connectivity index (χ1) is 7.29. The molecule has 0 unspecified atom stereocenters. The van der Waals surface area contributed by atoms with Gasteiger partial charge in [0, 0.05) is 12.3 Å². The van der Waals surface area contributed by atoms with Crippen molar-refractivity contribution < 1.29 is 4.74 Å². The molecule has 2 aromatic rings. The third kappa shape index (κ3) is 2.22. The average Bonchev–Trinajstić information content (AvgIpc) is 2.29. The molecule has 0 atom stereocenters. The monoisotopic (exact) mass is 221 g/mol. The minimum Gasteiger partial charge on any atom is -0.481 e. The molecule has 0 bridgehead atoms. The van der Waals surface area contributed by atoms with E-state index in [1.54, 1.807) is 31.5 Å². The van der Waals surface area contributed by atoms with Gasteiger partial charge < -0.3 is 4.74 Å². The first-order valence-corrected chi connectivity index (χ1v) is 4.67. The van der Waals surface area contributed by atoms with Crippen LogP contribution >= 0.6 is 11.6 Å². The van der Waals surface area contributed by atoms with Crippen molar-refractivity contribution >= 4 is 11.6 Å². The minimum atomic E-state index is 0.393. The third-order valence-electron chi connectivity index (χ3n) is 1.78. The van der Waals surface area contributed by atoms with Crippen LogP contribution in [0.25, 0.3) is 11.5 Å². The first kappa shape index (κ1) is 9.86. The number of halogens is 1. The maximum absolute atomic E-state index is 5.76. The van der Waals surface area contributed by atoms with Crippen LogP contribution in [0.1, 0.15) is 0 Å². The van der Waals surface area contributed by atoms with Crippen LogP contribution in [0.2, 0.25) is 5.15 Å². The molecule has 2 rings (SSSR count). The number of rotatable bonds is 2. The maximum Gasteiger partial charge on any atom is 0.213 e. The Hall–Kier alpha value is -1.68. The number of aromatic nitrogens is 3. The molecule has 0 radical (unpaired) electrons. The lowest BCUT2D eigenvalue weighted by Gasteiger charge is -2.01. The van der Waals surface area contributed by atoms with Gasteiger partial charge in [0.05, 0.1) is 7.11 Å². The largest absolute Gasteiger partial charge is 0.481 e. The molecular weight excluding hydrogens is 214 g/mol. The molecule has 4 nitrogen and oxygen atoms in total. The van der Waals surface area contributed by atoms with Gasteiger partial charge in [-0.05, 0) is 12.1 Å². The summed E-state index contributed by atoms with van der Waals surface area (Å²) in [5.74, 6) is 1.01. The van der Waals surface area contributed by atoms with E-state index in [4.69, 9.17) is 16.3 Å². The standard InChI is InChI=1S/C10H8ClN3O/c1-15-9-4-2-3-7(13-9)10-12-6-5-8(11)14-10/h2-6H,1H3. The van der Waals surface area contributed by atoms with E-state index >= 15 is 0 Å². The molecule has 0 amide bonds. The Morgan fingerprint density at radius 3 is 2.80 bits per heavy atom. The van der Waals surface area contributed by atoms with Crippen LogP contribution in [0, 0.1) is 0 Å².